The maximum atomic E-state index is 10.6. The first kappa shape index (κ1) is 17.4. The molecule has 8 heteroatoms. The number of carbonyl (C=O) groups excluding carboxylic acids is 1. The maximum Gasteiger partial charge on any atom is 1.00 e. The van der Waals surface area contributed by atoms with Gasteiger partial charge in [0.25, 0.3) is 0 Å². The fourth-order valence-electron chi connectivity index (χ4n) is 1.05. The monoisotopic (exact) mass is 281 g/mol. The van der Waals surface area contributed by atoms with Crippen LogP contribution in [0.4, 0.5) is 0 Å². The van der Waals surface area contributed by atoms with E-state index in [1.165, 1.54) is 10.9 Å². The van der Waals surface area contributed by atoms with Crippen molar-refractivity contribution in [1.82, 2.24) is 14.8 Å². The first-order chi connectivity index (χ1) is 7.40. The third kappa shape index (κ3) is 6.79. The Labute approximate surface area is 144 Å². The van der Waals surface area contributed by atoms with Crippen LogP contribution < -0.4 is 56.5 Å². The third-order valence-corrected chi connectivity index (χ3v) is 3.73. The molecule has 1 heterocycles. The fourth-order valence-corrected chi connectivity index (χ4v) is 1.81. The normalized spacial score (nSPS) is 11.0. The zero-order valence-electron chi connectivity index (χ0n) is 10.8. The average Bonchev–Trinajstić information content (AvgIpc) is 2.58. The standard InChI is InChI=1S/C9H17N3O3Si.K/c1-16(2,3)5-4-15-7-12-6-10-11-8(12)9(13)14;/h6H,4-5,7H2,1-3H3,(H,13,14);/q;+1/p-1. The molecule has 0 aliphatic heterocycles. The SMILES string of the molecule is C[Si](C)(C)CCOCn1cnnc1C(=O)[O-].[K+]. The van der Waals surface area contributed by atoms with Crippen LogP contribution in [0.3, 0.4) is 0 Å². The number of aromatic carboxylic acids is 1. The Kier molecular flexibility index (Phi) is 7.96. The smallest absolute Gasteiger partial charge is 0.541 e. The number of rotatable bonds is 6. The van der Waals surface area contributed by atoms with Crippen LogP contribution in [0.25, 0.3) is 0 Å². The Morgan fingerprint density at radius 2 is 2.18 bits per heavy atom. The maximum absolute atomic E-state index is 10.6. The molecule has 0 aliphatic rings. The molecule has 0 atom stereocenters. The van der Waals surface area contributed by atoms with Crippen LogP contribution in [0, 0.1) is 0 Å². The summed E-state index contributed by atoms with van der Waals surface area (Å²) >= 11 is 0. The molecule has 0 N–H and O–H groups in total. The molecule has 0 bridgehead atoms. The van der Waals surface area contributed by atoms with Gasteiger partial charge in [-0.3, -0.25) is 4.57 Å². The summed E-state index contributed by atoms with van der Waals surface area (Å²) in [7, 11) is -1.11. The van der Waals surface area contributed by atoms with E-state index in [9.17, 15) is 9.90 Å². The van der Waals surface area contributed by atoms with Crippen LogP contribution in [-0.2, 0) is 11.5 Å². The van der Waals surface area contributed by atoms with Crippen molar-refractivity contribution in [3.63, 3.8) is 0 Å². The summed E-state index contributed by atoms with van der Waals surface area (Å²) in [6.45, 7) is 7.53. The second kappa shape index (κ2) is 7.77. The molecular weight excluding hydrogens is 265 g/mol. The molecule has 0 unspecified atom stereocenters. The number of carboxylic acid groups (broad SMARTS) is 1. The van der Waals surface area contributed by atoms with Gasteiger partial charge in [-0.25, -0.2) is 0 Å². The van der Waals surface area contributed by atoms with Crippen LogP contribution in [0.5, 0.6) is 0 Å². The fraction of sp³-hybridized carbons (Fsp3) is 0.667. The van der Waals surface area contributed by atoms with Gasteiger partial charge in [-0.15, -0.1) is 10.2 Å². The van der Waals surface area contributed by atoms with Gasteiger partial charge in [0.05, 0.1) is 0 Å². The van der Waals surface area contributed by atoms with Crippen LogP contribution >= 0.6 is 0 Å². The number of carboxylic acids is 1. The number of hydrogen-bond acceptors (Lipinski definition) is 5. The van der Waals surface area contributed by atoms with Crippen molar-refractivity contribution in [3.05, 3.63) is 12.2 Å². The van der Waals surface area contributed by atoms with Crippen molar-refractivity contribution in [2.24, 2.45) is 0 Å². The van der Waals surface area contributed by atoms with Crippen molar-refractivity contribution in [2.75, 3.05) is 6.61 Å². The molecule has 0 aliphatic carbocycles. The van der Waals surface area contributed by atoms with Crippen molar-refractivity contribution in [3.8, 4) is 0 Å². The molecule has 6 nitrogen and oxygen atoms in total. The minimum Gasteiger partial charge on any atom is -0.541 e. The quantitative estimate of drug-likeness (QED) is 0.409. The van der Waals surface area contributed by atoms with Crippen molar-refractivity contribution >= 4 is 14.0 Å². The van der Waals surface area contributed by atoms with Gasteiger partial charge in [0, 0.05) is 14.7 Å². The molecule has 0 radical (unpaired) electrons. The van der Waals surface area contributed by atoms with E-state index in [-0.39, 0.29) is 63.9 Å². The second-order valence-corrected chi connectivity index (χ2v) is 10.4. The van der Waals surface area contributed by atoms with E-state index in [4.69, 9.17) is 4.74 Å². The Balaban J connectivity index is 0.00000256. The number of nitrogens with zero attached hydrogens (tertiary/aromatic N) is 3. The number of carbonyl (C=O) groups is 1. The summed E-state index contributed by atoms with van der Waals surface area (Å²) in [5, 5.41) is 17.5. The number of aromatic nitrogens is 3. The third-order valence-electron chi connectivity index (χ3n) is 2.02. The average molecular weight is 281 g/mol. The molecule has 17 heavy (non-hydrogen) atoms. The van der Waals surface area contributed by atoms with E-state index in [0.717, 1.165) is 6.04 Å². The van der Waals surface area contributed by atoms with Gasteiger partial charge in [0.15, 0.2) is 5.82 Å². The zero-order valence-corrected chi connectivity index (χ0v) is 14.9. The Morgan fingerprint density at radius 1 is 1.53 bits per heavy atom. The van der Waals surface area contributed by atoms with E-state index in [0.29, 0.717) is 6.61 Å². The first-order valence-electron chi connectivity index (χ1n) is 5.07. The minimum absolute atomic E-state index is 0. The molecule has 1 aromatic heterocycles. The Morgan fingerprint density at radius 3 is 2.71 bits per heavy atom. The van der Waals surface area contributed by atoms with Gasteiger partial charge in [-0.1, -0.05) is 19.6 Å². The molecule has 0 spiro atoms. The Hall–Kier alpha value is 0.423. The predicted octanol–water partition coefficient (Wildman–Crippen LogP) is -3.04. The number of hydrogen-bond donors (Lipinski definition) is 0. The summed E-state index contributed by atoms with van der Waals surface area (Å²) in [4.78, 5) is 10.6. The molecule has 0 aromatic carbocycles. The number of ether oxygens (including phenoxy) is 1. The second-order valence-electron chi connectivity index (χ2n) is 4.76. The Bertz CT molecular complexity index is 365. The molecule has 0 saturated heterocycles. The summed E-state index contributed by atoms with van der Waals surface area (Å²) in [6, 6.07) is 1.04. The summed E-state index contributed by atoms with van der Waals surface area (Å²) in [6.07, 6.45) is 1.32. The van der Waals surface area contributed by atoms with Crippen LogP contribution in [0.2, 0.25) is 25.7 Å². The minimum atomic E-state index is -1.34. The summed E-state index contributed by atoms with van der Waals surface area (Å²) < 4.78 is 6.69. The van der Waals surface area contributed by atoms with Crippen LogP contribution in [0.15, 0.2) is 6.33 Å². The predicted molar refractivity (Wildman–Crippen MR) is 58.5 cm³/mol. The van der Waals surface area contributed by atoms with Gasteiger partial charge in [-0.05, 0) is 6.04 Å². The van der Waals surface area contributed by atoms with E-state index in [1.54, 1.807) is 0 Å². The molecule has 1 aromatic rings. The van der Waals surface area contributed by atoms with Crippen molar-refractivity contribution in [1.29, 1.82) is 0 Å². The van der Waals surface area contributed by atoms with Gasteiger partial charge >= 0.3 is 51.4 Å². The van der Waals surface area contributed by atoms with Gasteiger partial charge in [0.2, 0.25) is 0 Å². The topological polar surface area (TPSA) is 80.1 Å². The molecular formula is C9H16KN3O3Si. The largest absolute Gasteiger partial charge is 1.00 e. The molecule has 1 rings (SSSR count). The summed E-state index contributed by atoms with van der Waals surface area (Å²) in [5.74, 6) is -1.54. The van der Waals surface area contributed by atoms with Crippen LogP contribution in [0.1, 0.15) is 10.6 Å². The van der Waals surface area contributed by atoms with Crippen molar-refractivity contribution in [2.45, 2.75) is 32.4 Å². The molecule has 90 valence electrons. The van der Waals surface area contributed by atoms with E-state index in [2.05, 4.69) is 29.8 Å². The van der Waals surface area contributed by atoms with Crippen molar-refractivity contribution < 1.29 is 66.0 Å². The van der Waals surface area contributed by atoms with E-state index >= 15 is 0 Å². The van der Waals surface area contributed by atoms with E-state index < -0.39 is 14.0 Å². The summed E-state index contributed by atoms with van der Waals surface area (Å²) in [5.41, 5.74) is 0. The molecule has 0 amide bonds. The zero-order chi connectivity index (χ0) is 12.2. The van der Waals surface area contributed by atoms with Crippen LogP contribution in [-0.4, -0.2) is 35.4 Å². The van der Waals surface area contributed by atoms with Gasteiger partial charge in [-0.2, -0.15) is 0 Å². The van der Waals surface area contributed by atoms with Gasteiger partial charge < -0.3 is 14.6 Å². The molecule has 0 saturated carbocycles. The van der Waals surface area contributed by atoms with E-state index in [1.807, 2.05) is 0 Å². The molecule has 0 fully saturated rings. The first-order valence-corrected chi connectivity index (χ1v) is 8.78. The van der Waals surface area contributed by atoms with Gasteiger partial charge in [0.1, 0.15) is 19.0 Å².